The van der Waals surface area contributed by atoms with Gasteiger partial charge in [-0.1, -0.05) is 42.2 Å². The highest BCUT2D eigenvalue weighted by molar-refractivity contribution is 6.21. The molecule has 1 unspecified atom stereocenters. The topological polar surface area (TPSA) is 69.7 Å². The molecule has 1 N–H and O–H groups in total. The van der Waals surface area contributed by atoms with E-state index in [1.54, 1.807) is 31.2 Å². The lowest BCUT2D eigenvalue weighted by Crippen LogP contribution is -2.36. The average Bonchev–Trinajstić information content (AvgIpc) is 3.10. The Morgan fingerprint density at radius 3 is 2.26 bits per heavy atom. The zero-order valence-corrected chi connectivity index (χ0v) is 18.7. The maximum absolute atomic E-state index is 12.4. The van der Waals surface area contributed by atoms with E-state index in [0.717, 1.165) is 28.9 Å². The number of amides is 3. The van der Waals surface area contributed by atoms with E-state index in [0.29, 0.717) is 17.7 Å². The largest absolute Gasteiger partial charge is 0.378 e. The molecule has 5 rings (SSSR count). The van der Waals surface area contributed by atoms with E-state index in [1.165, 1.54) is 4.90 Å². The first-order valence-electron chi connectivity index (χ1n) is 11.2. The van der Waals surface area contributed by atoms with Gasteiger partial charge in [0, 0.05) is 30.4 Å². The third-order valence-electron chi connectivity index (χ3n) is 6.20. The van der Waals surface area contributed by atoms with Crippen LogP contribution < -0.4 is 10.2 Å². The van der Waals surface area contributed by atoms with Crippen LogP contribution in [0.15, 0.2) is 72.8 Å². The minimum atomic E-state index is -0.300. The number of nitrogens with zero attached hydrogens (tertiary/aromatic N) is 2. The number of imide groups is 1. The standard InChI is InChI=1S/C28H23N3O3/c1-19(32)30-18-16-25(24-10-4-5-11-26(24)30)29-21-14-12-20(13-15-21)7-6-17-31-27(33)22-8-2-3-9-23(22)28(31)34/h2-5,8-15,25,29H,16-18H2,1H3. The number of anilines is 2. The summed E-state index contributed by atoms with van der Waals surface area (Å²) in [6.45, 7) is 2.32. The highest BCUT2D eigenvalue weighted by Gasteiger charge is 2.34. The molecule has 0 bridgehead atoms. The molecule has 0 fully saturated rings. The Bertz CT molecular complexity index is 1320. The van der Waals surface area contributed by atoms with E-state index in [2.05, 4.69) is 23.2 Å². The van der Waals surface area contributed by atoms with Crippen LogP contribution in [0, 0.1) is 11.8 Å². The number of nitrogens with one attached hydrogen (secondary N) is 1. The van der Waals surface area contributed by atoms with Gasteiger partial charge in [0.15, 0.2) is 0 Å². The van der Waals surface area contributed by atoms with Gasteiger partial charge < -0.3 is 10.2 Å². The Morgan fingerprint density at radius 1 is 0.941 bits per heavy atom. The van der Waals surface area contributed by atoms with Crippen molar-refractivity contribution in [3.63, 3.8) is 0 Å². The molecule has 0 saturated heterocycles. The van der Waals surface area contributed by atoms with Gasteiger partial charge in [0.25, 0.3) is 11.8 Å². The van der Waals surface area contributed by atoms with Gasteiger partial charge in [-0.3, -0.25) is 19.3 Å². The lowest BCUT2D eigenvalue weighted by molar-refractivity contribution is -0.116. The number of carbonyl (C=O) groups excluding carboxylic acids is 3. The maximum atomic E-state index is 12.4. The second-order valence-electron chi connectivity index (χ2n) is 8.34. The first kappa shape index (κ1) is 21.5. The van der Waals surface area contributed by atoms with Crippen LogP contribution >= 0.6 is 0 Å². The van der Waals surface area contributed by atoms with E-state index in [4.69, 9.17) is 0 Å². The lowest BCUT2D eigenvalue weighted by atomic mass is 9.96. The Morgan fingerprint density at radius 2 is 1.59 bits per heavy atom. The molecule has 168 valence electrons. The Kier molecular flexibility index (Phi) is 5.60. The van der Waals surface area contributed by atoms with Crippen molar-refractivity contribution in [3.8, 4) is 11.8 Å². The molecule has 6 heteroatoms. The second kappa shape index (κ2) is 8.87. The SMILES string of the molecule is CC(=O)N1CCC(Nc2ccc(C#CCN3C(=O)c4ccccc4C3=O)cc2)c2ccccc21. The van der Waals surface area contributed by atoms with E-state index in [-0.39, 0.29) is 30.3 Å². The molecular formula is C28H23N3O3. The summed E-state index contributed by atoms with van der Waals surface area (Å²) in [7, 11) is 0. The molecule has 3 amide bonds. The summed E-state index contributed by atoms with van der Waals surface area (Å²) in [4.78, 5) is 39.9. The van der Waals surface area contributed by atoms with Gasteiger partial charge in [-0.25, -0.2) is 0 Å². The molecule has 0 aromatic heterocycles. The molecule has 2 heterocycles. The van der Waals surface area contributed by atoms with Crippen LogP contribution in [0.5, 0.6) is 0 Å². The summed E-state index contributed by atoms with van der Waals surface area (Å²) in [5.41, 5.74) is 4.68. The van der Waals surface area contributed by atoms with Crippen molar-refractivity contribution in [3.05, 3.63) is 95.1 Å². The third-order valence-corrected chi connectivity index (χ3v) is 6.20. The molecule has 0 aliphatic carbocycles. The Labute approximate surface area is 198 Å². The van der Waals surface area contributed by atoms with Gasteiger partial charge in [-0.15, -0.1) is 0 Å². The van der Waals surface area contributed by atoms with Crippen molar-refractivity contribution < 1.29 is 14.4 Å². The van der Waals surface area contributed by atoms with Crippen LogP contribution in [-0.2, 0) is 4.79 Å². The number of hydrogen-bond donors (Lipinski definition) is 1. The van der Waals surface area contributed by atoms with Gasteiger partial charge in [0.1, 0.15) is 0 Å². The maximum Gasteiger partial charge on any atom is 0.262 e. The van der Waals surface area contributed by atoms with Crippen LogP contribution in [0.25, 0.3) is 0 Å². The summed E-state index contributed by atoms with van der Waals surface area (Å²) in [5.74, 6) is 5.43. The molecule has 0 saturated carbocycles. The zero-order valence-electron chi connectivity index (χ0n) is 18.7. The predicted octanol–water partition coefficient (Wildman–Crippen LogP) is 4.24. The summed E-state index contributed by atoms with van der Waals surface area (Å²) < 4.78 is 0. The molecule has 2 aliphatic heterocycles. The van der Waals surface area contributed by atoms with E-state index in [9.17, 15) is 14.4 Å². The summed E-state index contributed by atoms with van der Waals surface area (Å²) in [6, 6.07) is 22.7. The van der Waals surface area contributed by atoms with Crippen LogP contribution in [-0.4, -0.2) is 35.7 Å². The minimum Gasteiger partial charge on any atom is -0.378 e. The lowest BCUT2D eigenvalue weighted by Gasteiger charge is -2.34. The number of para-hydroxylation sites is 1. The van der Waals surface area contributed by atoms with Crippen molar-refractivity contribution in [2.24, 2.45) is 0 Å². The number of rotatable bonds is 3. The minimum absolute atomic E-state index is 0.0510. The van der Waals surface area contributed by atoms with Crippen molar-refractivity contribution in [1.82, 2.24) is 4.90 Å². The van der Waals surface area contributed by atoms with E-state index < -0.39 is 0 Å². The number of carbonyl (C=O) groups is 3. The Hall–Kier alpha value is -4.37. The molecule has 34 heavy (non-hydrogen) atoms. The van der Waals surface area contributed by atoms with Crippen molar-refractivity contribution in [2.75, 3.05) is 23.3 Å². The van der Waals surface area contributed by atoms with Crippen LogP contribution in [0.2, 0.25) is 0 Å². The smallest absolute Gasteiger partial charge is 0.262 e. The molecule has 3 aromatic rings. The van der Waals surface area contributed by atoms with Gasteiger partial charge in [-0.05, 0) is 54.4 Å². The van der Waals surface area contributed by atoms with Crippen LogP contribution in [0.1, 0.15) is 51.2 Å². The van der Waals surface area contributed by atoms with Crippen LogP contribution in [0.3, 0.4) is 0 Å². The zero-order chi connectivity index (χ0) is 23.7. The molecule has 1 atom stereocenters. The fraction of sp³-hybridized carbons (Fsp3) is 0.179. The molecular weight excluding hydrogens is 426 g/mol. The van der Waals surface area contributed by atoms with Gasteiger partial charge >= 0.3 is 0 Å². The average molecular weight is 450 g/mol. The Balaban J connectivity index is 1.25. The number of fused-ring (bicyclic) bond motifs is 2. The number of hydrogen-bond acceptors (Lipinski definition) is 4. The fourth-order valence-electron chi connectivity index (χ4n) is 4.49. The van der Waals surface area contributed by atoms with E-state index >= 15 is 0 Å². The highest BCUT2D eigenvalue weighted by Crippen LogP contribution is 2.35. The molecule has 6 nitrogen and oxygen atoms in total. The molecule has 3 aromatic carbocycles. The second-order valence-corrected chi connectivity index (χ2v) is 8.34. The highest BCUT2D eigenvalue weighted by atomic mass is 16.2. The molecule has 0 spiro atoms. The van der Waals surface area contributed by atoms with Crippen molar-refractivity contribution in [1.29, 1.82) is 0 Å². The van der Waals surface area contributed by atoms with Gasteiger partial charge in [-0.2, -0.15) is 0 Å². The summed E-state index contributed by atoms with van der Waals surface area (Å²) in [5, 5.41) is 3.56. The first-order valence-corrected chi connectivity index (χ1v) is 11.2. The first-order chi connectivity index (χ1) is 16.5. The quantitative estimate of drug-likeness (QED) is 0.480. The third kappa shape index (κ3) is 3.93. The van der Waals surface area contributed by atoms with Crippen molar-refractivity contribution >= 4 is 29.1 Å². The monoisotopic (exact) mass is 449 g/mol. The van der Waals surface area contributed by atoms with Gasteiger partial charge in [0.05, 0.1) is 23.7 Å². The van der Waals surface area contributed by atoms with Gasteiger partial charge in [0.2, 0.25) is 5.91 Å². The predicted molar refractivity (Wildman–Crippen MR) is 131 cm³/mol. The van der Waals surface area contributed by atoms with E-state index in [1.807, 2.05) is 47.4 Å². The van der Waals surface area contributed by atoms with Crippen LogP contribution in [0.4, 0.5) is 11.4 Å². The molecule has 2 aliphatic rings. The fourth-order valence-corrected chi connectivity index (χ4v) is 4.49. The summed E-state index contributed by atoms with van der Waals surface area (Å²) in [6.07, 6.45) is 0.818. The normalized spacial score (nSPS) is 16.4. The summed E-state index contributed by atoms with van der Waals surface area (Å²) >= 11 is 0. The number of benzene rings is 3. The molecule has 0 radical (unpaired) electrons. The van der Waals surface area contributed by atoms with Crippen molar-refractivity contribution in [2.45, 2.75) is 19.4 Å².